The standard InChI is InChI=1S/C15H17NO3S/c1-9-12(6-7-19-9)16-8-11-10-4-2-3-5-13(10)20-14(11)15(17)18/h2-5,9,12,16H,6-8H2,1H3,(H,17,18). The summed E-state index contributed by atoms with van der Waals surface area (Å²) < 4.78 is 6.55. The van der Waals surface area contributed by atoms with Crippen LogP contribution in [0.3, 0.4) is 0 Å². The largest absolute Gasteiger partial charge is 0.477 e. The predicted octanol–water partition coefficient (Wildman–Crippen LogP) is 2.87. The van der Waals surface area contributed by atoms with E-state index in [4.69, 9.17) is 4.74 Å². The number of carboxylic acid groups (broad SMARTS) is 1. The molecule has 2 heterocycles. The van der Waals surface area contributed by atoms with Crippen molar-refractivity contribution in [2.24, 2.45) is 0 Å². The molecule has 2 atom stereocenters. The van der Waals surface area contributed by atoms with E-state index >= 15 is 0 Å². The Balaban J connectivity index is 1.89. The van der Waals surface area contributed by atoms with Crippen molar-refractivity contribution in [2.45, 2.75) is 32.0 Å². The van der Waals surface area contributed by atoms with Gasteiger partial charge in [0.15, 0.2) is 0 Å². The molecule has 1 aromatic carbocycles. The van der Waals surface area contributed by atoms with Crippen LogP contribution >= 0.6 is 11.3 Å². The van der Waals surface area contributed by atoms with Crippen molar-refractivity contribution in [2.75, 3.05) is 6.61 Å². The Kier molecular flexibility index (Phi) is 3.74. The van der Waals surface area contributed by atoms with E-state index in [2.05, 4.69) is 12.2 Å². The van der Waals surface area contributed by atoms with Crippen molar-refractivity contribution < 1.29 is 14.6 Å². The lowest BCUT2D eigenvalue weighted by atomic mass is 10.1. The molecule has 0 aliphatic carbocycles. The van der Waals surface area contributed by atoms with Gasteiger partial charge in [0.25, 0.3) is 0 Å². The number of nitrogens with one attached hydrogen (secondary N) is 1. The maximum atomic E-state index is 11.4. The molecule has 0 spiro atoms. The highest BCUT2D eigenvalue weighted by atomic mass is 32.1. The molecule has 0 bridgehead atoms. The summed E-state index contributed by atoms with van der Waals surface area (Å²) in [5.41, 5.74) is 0.886. The normalized spacial score (nSPS) is 22.4. The van der Waals surface area contributed by atoms with E-state index in [1.807, 2.05) is 24.3 Å². The first-order valence-corrected chi connectivity index (χ1v) is 7.57. The van der Waals surface area contributed by atoms with Crippen molar-refractivity contribution in [1.29, 1.82) is 0 Å². The lowest BCUT2D eigenvalue weighted by Crippen LogP contribution is -2.34. The molecule has 0 saturated carbocycles. The van der Waals surface area contributed by atoms with Crippen LogP contribution in [0, 0.1) is 0 Å². The zero-order valence-electron chi connectivity index (χ0n) is 11.3. The van der Waals surface area contributed by atoms with Gasteiger partial charge in [0.05, 0.1) is 6.10 Å². The van der Waals surface area contributed by atoms with Crippen molar-refractivity contribution in [3.63, 3.8) is 0 Å². The van der Waals surface area contributed by atoms with Crippen LogP contribution in [0.2, 0.25) is 0 Å². The van der Waals surface area contributed by atoms with E-state index in [1.165, 1.54) is 11.3 Å². The average Bonchev–Trinajstić information content (AvgIpc) is 3.00. The van der Waals surface area contributed by atoms with E-state index < -0.39 is 5.97 Å². The van der Waals surface area contributed by atoms with Gasteiger partial charge < -0.3 is 15.2 Å². The molecule has 1 aliphatic rings. The number of hydrogen-bond donors (Lipinski definition) is 2. The molecule has 1 saturated heterocycles. The van der Waals surface area contributed by atoms with Gasteiger partial charge in [-0.25, -0.2) is 4.79 Å². The summed E-state index contributed by atoms with van der Waals surface area (Å²) in [6.07, 6.45) is 1.17. The molecule has 20 heavy (non-hydrogen) atoms. The fraction of sp³-hybridized carbons (Fsp3) is 0.400. The fourth-order valence-corrected chi connectivity index (χ4v) is 3.74. The smallest absolute Gasteiger partial charge is 0.346 e. The van der Waals surface area contributed by atoms with Gasteiger partial charge >= 0.3 is 5.97 Å². The minimum absolute atomic E-state index is 0.188. The van der Waals surface area contributed by atoms with Crippen LogP contribution in [0.1, 0.15) is 28.6 Å². The van der Waals surface area contributed by atoms with Crippen LogP contribution in [0.5, 0.6) is 0 Å². The van der Waals surface area contributed by atoms with Gasteiger partial charge in [-0.15, -0.1) is 11.3 Å². The van der Waals surface area contributed by atoms with Crippen LogP contribution in [-0.2, 0) is 11.3 Å². The maximum Gasteiger partial charge on any atom is 0.346 e. The van der Waals surface area contributed by atoms with E-state index in [0.717, 1.165) is 28.7 Å². The fourth-order valence-electron chi connectivity index (χ4n) is 2.68. The summed E-state index contributed by atoms with van der Waals surface area (Å²) in [4.78, 5) is 11.8. The molecule has 0 amide bonds. The first-order chi connectivity index (χ1) is 9.66. The van der Waals surface area contributed by atoms with Crippen LogP contribution in [0.4, 0.5) is 0 Å². The third-order valence-corrected chi connectivity index (χ3v) is 5.01. The van der Waals surface area contributed by atoms with Crippen molar-refractivity contribution in [3.8, 4) is 0 Å². The second-order valence-corrected chi connectivity index (χ2v) is 6.12. The van der Waals surface area contributed by atoms with Crippen LogP contribution < -0.4 is 5.32 Å². The van der Waals surface area contributed by atoms with Gasteiger partial charge in [0, 0.05) is 23.9 Å². The van der Waals surface area contributed by atoms with E-state index in [0.29, 0.717) is 17.5 Å². The Labute approximate surface area is 121 Å². The summed E-state index contributed by atoms with van der Waals surface area (Å²) in [5, 5.41) is 13.8. The number of benzene rings is 1. The maximum absolute atomic E-state index is 11.4. The summed E-state index contributed by atoms with van der Waals surface area (Å²) in [7, 11) is 0. The molecule has 1 aromatic heterocycles. The minimum Gasteiger partial charge on any atom is -0.477 e. The average molecular weight is 291 g/mol. The summed E-state index contributed by atoms with van der Waals surface area (Å²) >= 11 is 1.34. The Hall–Kier alpha value is -1.43. The van der Waals surface area contributed by atoms with Gasteiger partial charge in [0.1, 0.15) is 4.88 Å². The summed E-state index contributed by atoms with van der Waals surface area (Å²) in [6, 6.07) is 8.15. The molecular weight excluding hydrogens is 274 g/mol. The zero-order valence-corrected chi connectivity index (χ0v) is 12.1. The van der Waals surface area contributed by atoms with E-state index in [-0.39, 0.29) is 6.10 Å². The molecule has 5 heteroatoms. The number of fused-ring (bicyclic) bond motifs is 1. The molecule has 2 N–H and O–H groups in total. The predicted molar refractivity (Wildman–Crippen MR) is 79.4 cm³/mol. The lowest BCUT2D eigenvalue weighted by molar-refractivity contribution is 0.0701. The molecule has 1 aliphatic heterocycles. The molecule has 2 aromatic rings. The van der Waals surface area contributed by atoms with Gasteiger partial charge in [-0.05, 0) is 30.4 Å². The second-order valence-electron chi connectivity index (χ2n) is 5.06. The SMILES string of the molecule is CC1OCCC1NCc1c(C(=O)O)sc2ccccc12. The summed E-state index contributed by atoms with van der Waals surface area (Å²) in [6.45, 7) is 3.40. The van der Waals surface area contributed by atoms with Crippen LogP contribution in [0.25, 0.3) is 10.1 Å². The number of carbonyl (C=O) groups is 1. The number of aromatic carboxylic acids is 1. The molecular formula is C15H17NO3S. The Bertz CT molecular complexity index is 637. The molecule has 0 radical (unpaired) electrons. The number of hydrogen-bond acceptors (Lipinski definition) is 4. The monoisotopic (exact) mass is 291 g/mol. The van der Waals surface area contributed by atoms with Crippen LogP contribution in [-0.4, -0.2) is 29.8 Å². The van der Waals surface area contributed by atoms with Gasteiger partial charge in [-0.1, -0.05) is 18.2 Å². The van der Waals surface area contributed by atoms with E-state index in [1.54, 1.807) is 0 Å². The van der Waals surface area contributed by atoms with Crippen molar-refractivity contribution >= 4 is 27.4 Å². The molecule has 1 fully saturated rings. The number of rotatable bonds is 4. The first-order valence-electron chi connectivity index (χ1n) is 6.75. The van der Waals surface area contributed by atoms with Gasteiger partial charge in [-0.2, -0.15) is 0 Å². The highest BCUT2D eigenvalue weighted by Gasteiger charge is 2.25. The zero-order chi connectivity index (χ0) is 14.1. The Morgan fingerprint density at radius 3 is 3.00 bits per heavy atom. The topological polar surface area (TPSA) is 58.6 Å². The molecule has 2 unspecified atom stereocenters. The third-order valence-electron chi connectivity index (χ3n) is 3.81. The quantitative estimate of drug-likeness (QED) is 0.909. The van der Waals surface area contributed by atoms with Crippen LogP contribution in [0.15, 0.2) is 24.3 Å². The third kappa shape index (κ3) is 2.44. The number of ether oxygens (including phenoxy) is 1. The number of carboxylic acids is 1. The van der Waals surface area contributed by atoms with E-state index in [9.17, 15) is 9.90 Å². The minimum atomic E-state index is -0.848. The Morgan fingerprint density at radius 2 is 2.30 bits per heavy atom. The van der Waals surface area contributed by atoms with Gasteiger partial charge in [-0.3, -0.25) is 0 Å². The van der Waals surface area contributed by atoms with Crippen molar-refractivity contribution in [3.05, 3.63) is 34.7 Å². The molecule has 4 nitrogen and oxygen atoms in total. The molecule has 3 rings (SSSR count). The van der Waals surface area contributed by atoms with Crippen molar-refractivity contribution in [1.82, 2.24) is 5.32 Å². The number of thiophene rings is 1. The molecule has 106 valence electrons. The lowest BCUT2D eigenvalue weighted by Gasteiger charge is -2.16. The first kappa shape index (κ1) is 13.5. The summed E-state index contributed by atoms with van der Waals surface area (Å²) in [5.74, 6) is -0.848. The highest BCUT2D eigenvalue weighted by molar-refractivity contribution is 7.21. The highest BCUT2D eigenvalue weighted by Crippen LogP contribution is 2.31. The second kappa shape index (κ2) is 5.52. The Morgan fingerprint density at radius 1 is 1.50 bits per heavy atom. The van der Waals surface area contributed by atoms with Gasteiger partial charge in [0.2, 0.25) is 0 Å².